The van der Waals surface area contributed by atoms with Crippen molar-refractivity contribution in [3.63, 3.8) is 0 Å². The number of sulfonamides is 1. The second-order valence-corrected chi connectivity index (χ2v) is 11.8. The monoisotopic (exact) mass is 529 g/mol. The highest BCUT2D eigenvalue weighted by Crippen LogP contribution is 2.23. The first kappa shape index (κ1) is 27.2. The van der Waals surface area contributed by atoms with Gasteiger partial charge in [-0.25, -0.2) is 8.42 Å². The van der Waals surface area contributed by atoms with E-state index in [1.807, 2.05) is 31.2 Å². The van der Waals surface area contributed by atoms with E-state index in [0.717, 1.165) is 10.8 Å². The summed E-state index contributed by atoms with van der Waals surface area (Å²) in [5.41, 5.74) is 0.642. The van der Waals surface area contributed by atoms with Gasteiger partial charge in [-0.15, -0.1) is 5.10 Å². The van der Waals surface area contributed by atoms with Gasteiger partial charge < -0.3 is 14.7 Å². The molecule has 2 heterocycles. The van der Waals surface area contributed by atoms with Crippen LogP contribution in [0, 0.1) is 5.92 Å². The molecule has 4 rings (SSSR count). The van der Waals surface area contributed by atoms with Gasteiger partial charge in [-0.1, -0.05) is 42.5 Å². The lowest BCUT2D eigenvalue weighted by Crippen LogP contribution is -2.47. The Labute approximate surface area is 217 Å². The van der Waals surface area contributed by atoms with E-state index in [-0.39, 0.29) is 42.5 Å². The minimum absolute atomic E-state index is 0.0659. The van der Waals surface area contributed by atoms with Gasteiger partial charge in [-0.05, 0) is 36.2 Å². The largest absolute Gasteiger partial charge is 0.394 e. The summed E-state index contributed by atoms with van der Waals surface area (Å²) >= 11 is 0. The molecule has 1 aromatic heterocycles. The first-order valence-corrected chi connectivity index (χ1v) is 14.0. The van der Waals surface area contributed by atoms with E-state index in [0.29, 0.717) is 31.6 Å². The van der Waals surface area contributed by atoms with Crippen LogP contribution in [0.15, 0.2) is 53.6 Å². The SMILES string of the molecule is C[C@@H]1CN([C@H](C)CO)C(=O)CCCn2cc(nn2)CO[C@@H]1CN(C)S(=O)(=O)c1ccc2ccccc2c1. The summed E-state index contributed by atoms with van der Waals surface area (Å²) in [6.07, 6.45) is 2.16. The first-order chi connectivity index (χ1) is 17.7. The Bertz CT molecular complexity index is 1330. The zero-order valence-corrected chi connectivity index (χ0v) is 22.3. The van der Waals surface area contributed by atoms with Gasteiger partial charge in [-0.2, -0.15) is 4.31 Å². The van der Waals surface area contributed by atoms with Crippen molar-refractivity contribution in [3.05, 3.63) is 54.4 Å². The number of benzene rings is 2. The van der Waals surface area contributed by atoms with Crippen molar-refractivity contribution in [2.45, 2.75) is 56.9 Å². The van der Waals surface area contributed by atoms with Crippen LogP contribution < -0.4 is 0 Å². The molecule has 0 saturated heterocycles. The van der Waals surface area contributed by atoms with Crippen molar-refractivity contribution in [3.8, 4) is 0 Å². The summed E-state index contributed by atoms with van der Waals surface area (Å²) in [7, 11) is -2.26. The van der Waals surface area contributed by atoms with Crippen LogP contribution in [0.3, 0.4) is 0 Å². The molecule has 0 saturated carbocycles. The number of hydrogen-bond donors (Lipinski definition) is 1. The van der Waals surface area contributed by atoms with Gasteiger partial charge in [0.15, 0.2) is 0 Å². The molecule has 3 aromatic rings. The third kappa shape index (κ3) is 6.35. The Morgan fingerprint density at radius 1 is 1.22 bits per heavy atom. The highest BCUT2D eigenvalue weighted by atomic mass is 32.2. The van der Waals surface area contributed by atoms with E-state index in [1.54, 1.807) is 40.9 Å². The van der Waals surface area contributed by atoms with Crippen LogP contribution in [0.2, 0.25) is 0 Å². The fraction of sp³-hybridized carbons (Fsp3) is 0.500. The van der Waals surface area contributed by atoms with Gasteiger partial charge in [0, 0.05) is 39.0 Å². The van der Waals surface area contributed by atoms with Crippen molar-refractivity contribution in [1.29, 1.82) is 0 Å². The molecule has 37 heavy (non-hydrogen) atoms. The number of fused-ring (bicyclic) bond motifs is 3. The average Bonchev–Trinajstić information content (AvgIpc) is 3.35. The Hall–Kier alpha value is -2.86. The van der Waals surface area contributed by atoms with Crippen LogP contribution in [0.25, 0.3) is 10.8 Å². The lowest BCUT2D eigenvalue weighted by molar-refractivity contribution is -0.136. The molecule has 1 N–H and O–H groups in total. The molecule has 200 valence electrons. The summed E-state index contributed by atoms with van der Waals surface area (Å²) in [6.45, 7) is 4.71. The smallest absolute Gasteiger partial charge is 0.242 e. The van der Waals surface area contributed by atoms with E-state index in [9.17, 15) is 18.3 Å². The Morgan fingerprint density at radius 2 is 1.97 bits per heavy atom. The summed E-state index contributed by atoms with van der Waals surface area (Å²) in [5, 5.41) is 19.8. The molecule has 0 radical (unpaired) electrons. The van der Waals surface area contributed by atoms with Crippen LogP contribution in [0.4, 0.5) is 0 Å². The fourth-order valence-corrected chi connectivity index (χ4v) is 5.77. The van der Waals surface area contributed by atoms with Gasteiger partial charge >= 0.3 is 0 Å². The molecular formula is C26H35N5O5S. The number of rotatable bonds is 6. The van der Waals surface area contributed by atoms with Gasteiger partial charge in [0.25, 0.3) is 0 Å². The quantitative estimate of drug-likeness (QED) is 0.521. The summed E-state index contributed by atoms with van der Waals surface area (Å²) in [6, 6.07) is 12.3. The number of nitrogens with zero attached hydrogens (tertiary/aromatic N) is 5. The van der Waals surface area contributed by atoms with E-state index in [1.165, 1.54) is 11.4 Å². The van der Waals surface area contributed by atoms with Crippen molar-refractivity contribution in [2.75, 3.05) is 26.7 Å². The zero-order valence-electron chi connectivity index (χ0n) is 21.5. The highest BCUT2D eigenvalue weighted by molar-refractivity contribution is 7.89. The third-order valence-corrected chi connectivity index (χ3v) is 8.73. The molecular weight excluding hydrogens is 494 g/mol. The molecule has 2 aromatic carbocycles. The predicted molar refractivity (Wildman–Crippen MR) is 139 cm³/mol. The van der Waals surface area contributed by atoms with Crippen LogP contribution in [-0.2, 0) is 32.7 Å². The maximum absolute atomic E-state index is 13.5. The van der Waals surface area contributed by atoms with Crippen molar-refractivity contribution in [2.24, 2.45) is 5.92 Å². The van der Waals surface area contributed by atoms with Crippen LogP contribution in [0.5, 0.6) is 0 Å². The van der Waals surface area contributed by atoms with Gasteiger partial charge in [-0.3, -0.25) is 9.48 Å². The van der Waals surface area contributed by atoms with E-state index >= 15 is 0 Å². The van der Waals surface area contributed by atoms with Crippen molar-refractivity contribution < 1.29 is 23.1 Å². The molecule has 10 nitrogen and oxygen atoms in total. The molecule has 0 spiro atoms. The molecule has 2 bridgehead atoms. The number of aliphatic hydroxyl groups is 1. The van der Waals surface area contributed by atoms with Gasteiger partial charge in [0.05, 0.1) is 36.5 Å². The Kier molecular flexibility index (Phi) is 8.58. The molecule has 0 aliphatic carbocycles. The number of ether oxygens (including phenoxy) is 1. The minimum atomic E-state index is -3.80. The van der Waals surface area contributed by atoms with Crippen molar-refractivity contribution in [1.82, 2.24) is 24.2 Å². The number of hydrogen-bond acceptors (Lipinski definition) is 7. The normalized spacial score (nSPS) is 20.9. The molecule has 1 aliphatic heterocycles. The Morgan fingerprint density at radius 3 is 2.73 bits per heavy atom. The first-order valence-electron chi connectivity index (χ1n) is 12.5. The number of aromatic nitrogens is 3. The molecule has 3 atom stereocenters. The maximum atomic E-state index is 13.5. The van der Waals surface area contributed by atoms with E-state index in [4.69, 9.17) is 4.74 Å². The third-order valence-electron chi connectivity index (χ3n) is 6.91. The standard InChI is InChI=1S/C26H35N5O5S/c1-19-14-31(20(2)17-32)26(33)9-6-12-30-15-23(27-28-30)18-36-25(19)16-29(3)37(34,35)24-11-10-21-7-4-5-8-22(21)13-24/h4-5,7-8,10-11,13,15,19-20,25,32H,6,9,12,14,16-18H2,1-3H3/t19-,20-,25-/m1/s1. The van der Waals surface area contributed by atoms with Crippen LogP contribution in [0.1, 0.15) is 32.4 Å². The van der Waals surface area contributed by atoms with E-state index in [2.05, 4.69) is 10.3 Å². The van der Waals surface area contributed by atoms with Gasteiger partial charge in [0.2, 0.25) is 15.9 Å². The number of likely N-dealkylation sites (N-methyl/N-ethyl adjacent to an activating group) is 1. The minimum Gasteiger partial charge on any atom is -0.394 e. The lowest BCUT2D eigenvalue weighted by atomic mass is 10.0. The number of aryl methyl sites for hydroxylation is 1. The maximum Gasteiger partial charge on any atom is 0.242 e. The van der Waals surface area contributed by atoms with E-state index < -0.39 is 16.1 Å². The van der Waals surface area contributed by atoms with Crippen molar-refractivity contribution >= 4 is 26.7 Å². The Balaban J connectivity index is 1.59. The highest BCUT2D eigenvalue weighted by Gasteiger charge is 2.31. The lowest BCUT2D eigenvalue weighted by Gasteiger charge is -2.35. The molecule has 1 amide bonds. The molecule has 0 unspecified atom stereocenters. The topological polar surface area (TPSA) is 118 Å². The summed E-state index contributed by atoms with van der Waals surface area (Å²) in [5.74, 6) is -0.285. The number of aliphatic hydroxyl groups excluding tert-OH is 1. The zero-order chi connectivity index (χ0) is 26.6. The van der Waals surface area contributed by atoms with Crippen LogP contribution in [-0.4, -0.2) is 82.5 Å². The average molecular weight is 530 g/mol. The molecule has 0 fully saturated rings. The summed E-state index contributed by atoms with van der Waals surface area (Å²) < 4.78 is 36.2. The van der Waals surface area contributed by atoms with Gasteiger partial charge in [0.1, 0.15) is 5.69 Å². The predicted octanol–water partition coefficient (Wildman–Crippen LogP) is 2.28. The number of carbonyl (C=O) groups is 1. The second kappa shape index (κ2) is 11.7. The molecule has 11 heteroatoms. The second-order valence-electron chi connectivity index (χ2n) is 9.78. The number of amides is 1. The number of carbonyl (C=O) groups excluding carboxylic acids is 1. The van der Waals surface area contributed by atoms with Crippen LogP contribution >= 0.6 is 0 Å². The fourth-order valence-electron chi connectivity index (χ4n) is 4.55. The summed E-state index contributed by atoms with van der Waals surface area (Å²) in [4.78, 5) is 14.9. The molecule has 1 aliphatic rings.